The molecule has 4 heteroatoms. The van der Waals surface area contributed by atoms with Crippen LogP contribution < -0.4 is 0 Å². The van der Waals surface area contributed by atoms with Crippen molar-refractivity contribution in [1.29, 1.82) is 0 Å². The van der Waals surface area contributed by atoms with Crippen LogP contribution in [0.15, 0.2) is 63.7 Å². The van der Waals surface area contributed by atoms with Gasteiger partial charge < -0.3 is 4.42 Å². The van der Waals surface area contributed by atoms with Crippen LogP contribution in [-0.4, -0.2) is 11.6 Å². The maximum Gasteiger partial charge on any atom is 0.170 e. The van der Waals surface area contributed by atoms with Crippen molar-refractivity contribution >= 4 is 38.5 Å². The molecule has 3 rings (SSSR count). The molecule has 0 aliphatic carbocycles. The van der Waals surface area contributed by atoms with Gasteiger partial charge in [0, 0.05) is 21.0 Å². The Morgan fingerprint density at radius 1 is 0.952 bits per heavy atom. The summed E-state index contributed by atoms with van der Waals surface area (Å²) in [5.74, 6) is -0.378. The molecule has 0 amide bonds. The number of benzene rings is 2. The number of Topliss-reactive ketones (excluding diaryl/α,β-unsaturated/α-hetero) is 2. The van der Waals surface area contributed by atoms with Crippen LogP contribution in [0, 0.1) is 0 Å². The van der Waals surface area contributed by atoms with Gasteiger partial charge in [0.05, 0.1) is 12.7 Å². The van der Waals surface area contributed by atoms with Gasteiger partial charge in [-0.3, -0.25) is 9.59 Å². The van der Waals surface area contributed by atoms with Crippen molar-refractivity contribution in [3.63, 3.8) is 0 Å². The van der Waals surface area contributed by atoms with Crippen molar-refractivity contribution in [3.05, 3.63) is 70.4 Å². The molecule has 0 bridgehead atoms. The summed E-state index contributed by atoms with van der Waals surface area (Å²) in [5, 5.41) is 0.857. The molecule has 2 aromatic carbocycles. The van der Waals surface area contributed by atoms with E-state index in [-0.39, 0.29) is 18.0 Å². The van der Waals surface area contributed by atoms with Crippen molar-refractivity contribution in [1.82, 2.24) is 0 Å². The van der Waals surface area contributed by atoms with Crippen molar-refractivity contribution < 1.29 is 14.0 Å². The lowest BCUT2D eigenvalue weighted by molar-refractivity contribution is 0.0894. The van der Waals surface area contributed by atoms with Crippen molar-refractivity contribution in [2.45, 2.75) is 6.42 Å². The third kappa shape index (κ3) is 2.95. The summed E-state index contributed by atoms with van der Waals surface area (Å²) in [6.45, 7) is 0. The largest absolute Gasteiger partial charge is 0.464 e. The van der Waals surface area contributed by atoms with E-state index in [4.69, 9.17) is 4.42 Å². The van der Waals surface area contributed by atoms with E-state index >= 15 is 0 Å². The molecule has 0 saturated heterocycles. The molecule has 1 heterocycles. The van der Waals surface area contributed by atoms with Crippen molar-refractivity contribution in [2.24, 2.45) is 0 Å². The first-order valence-corrected chi connectivity index (χ1v) is 7.22. The second-order valence-electron chi connectivity index (χ2n) is 4.71. The summed E-state index contributed by atoms with van der Waals surface area (Å²) in [6.07, 6.45) is 1.44. The maximum absolute atomic E-state index is 12.2. The summed E-state index contributed by atoms with van der Waals surface area (Å²) in [5.41, 5.74) is 1.78. The summed E-state index contributed by atoms with van der Waals surface area (Å²) in [7, 11) is 0. The molecule has 1 aromatic heterocycles. The highest BCUT2D eigenvalue weighted by Crippen LogP contribution is 2.19. The van der Waals surface area contributed by atoms with Crippen LogP contribution in [0.5, 0.6) is 0 Å². The van der Waals surface area contributed by atoms with Gasteiger partial charge in [0.2, 0.25) is 0 Å². The number of furan rings is 1. The Bertz CT molecular complexity index is 833. The smallest absolute Gasteiger partial charge is 0.170 e. The van der Waals surface area contributed by atoms with Crippen LogP contribution >= 0.6 is 15.9 Å². The lowest BCUT2D eigenvalue weighted by atomic mass is 10.0. The molecule has 21 heavy (non-hydrogen) atoms. The highest BCUT2D eigenvalue weighted by atomic mass is 79.9. The fraction of sp³-hybridized carbons (Fsp3) is 0.0588. The lowest BCUT2D eigenvalue weighted by Crippen LogP contribution is -2.08. The minimum atomic E-state index is -0.192. The van der Waals surface area contributed by atoms with E-state index in [0.29, 0.717) is 11.1 Å². The topological polar surface area (TPSA) is 47.3 Å². The molecule has 104 valence electrons. The molecule has 0 unspecified atom stereocenters. The lowest BCUT2D eigenvalue weighted by Gasteiger charge is -2.02. The quantitative estimate of drug-likeness (QED) is 0.512. The van der Waals surface area contributed by atoms with Gasteiger partial charge in [-0.2, -0.15) is 0 Å². The summed E-state index contributed by atoms with van der Waals surface area (Å²) < 4.78 is 6.05. The minimum absolute atomic E-state index is 0.139. The predicted molar refractivity (Wildman–Crippen MR) is 83.6 cm³/mol. The average molecular weight is 343 g/mol. The third-order valence-corrected chi connectivity index (χ3v) is 3.74. The molecule has 3 aromatic rings. The number of carbonyl (C=O) groups is 2. The zero-order valence-electron chi connectivity index (χ0n) is 11.0. The molecule has 0 atom stereocenters. The van der Waals surface area contributed by atoms with Gasteiger partial charge in [0.25, 0.3) is 0 Å². The molecular weight excluding hydrogens is 332 g/mol. The third-order valence-electron chi connectivity index (χ3n) is 3.24. The molecule has 0 aliphatic rings. The molecule has 0 saturated carbocycles. The normalized spacial score (nSPS) is 10.7. The number of rotatable bonds is 4. The maximum atomic E-state index is 12.2. The summed E-state index contributed by atoms with van der Waals surface area (Å²) in [6, 6.07) is 14.0. The van der Waals surface area contributed by atoms with Gasteiger partial charge in [-0.25, -0.2) is 0 Å². The van der Waals surface area contributed by atoms with E-state index in [1.165, 1.54) is 0 Å². The number of halogens is 1. The van der Waals surface area contributed by atoms with E-state index in [0.717, 1.165) is 15.4 Å². The van der Waals surface area contributed by atoms with Gasteiger partial charge in [-0.05, 0) is 36.4 Å². The second-order valence-corrected chi connectivity index (χ2v) is 5.62. The molecular formula is C17H11BrO3. The molecule has 3 nitrogen and oxygen atoms in total. The SMILES string of the molecule is O=C(CC(=O)c1ccc2occc2c1)c1cccc(Br)c1. The molecule has 0 N–H and O–H groups in total. The van der Waals surface area contributed by atoms with Crippen LogP contribution in [0.1, 0.15) is 27.1 Å². The monoisotopic (exact) mass is 342 g/mol. The first-order valence-electron chi connectivity index (χ1n) is 6.43. The zero-order valence-corrected chi connectivity index (χ0v) is 12.6. The number of fused-ring (bicyclic) bond motifs is 1. The van der Waals surface area contributed by atoms with E-state index in [2.05, 4.69) is 15.9 Å². The predicted octanol–water partition coefficient (Wildman–Crippen LogP) is 4.65. The molecule has 0 spiro atoms. The Morgan fingerprint density at radius 3 is 2.48 bits per heavy atom. The van der Waals surface area contributed by atoms with Crippen LogP contribution in [0.3, 0.4) is 0 Å². The van der Waals surface area contributed by atoms with Crippen molar-refractivity contribution in [2.75, 3.05) is 0 Å². The standard InChI is InChI=1S/C17H11BrO3/c18-14-3-1-2-11(9-14)15(19)10-16(20)12-4-5-17-13(8-12)6-7-21-17/h1-9H,10H2. The average Bonchev–Trinajstić information content (AvgIpc) is 2.94. The number of carbonyl (C=O) groups excluding carboxylic acids is 2. The van der Waals surface area contributed by atoms with Gasteiger partial charge in [-0.15, -0.1) is 0 Å². The van der Waals surface area contributed by atoms with Crippen LogP contribution in [0.25, 0.3) is 11.0 Å². The molecule has 0 radical (unpaired) electrons. The second kappa shape index (κ2) is 5.66. The summed E-state index contributed by atoms with van der Waals surface area (Å²) in [4.78, 5) is 24.3. The zero-order chi connectivity index (χ0) is 14.8. The number of ketones is 2. The van der Waals surface area contributed by atoms with Gasteiger partial charge in [0.15, 0.2) is 11.6 Å². The Labute approximate surface area is 129 Å². The number of hydrogen-bond donors (Lipinski definition) is 0. The minimum Gasteiger partial charge on any atom is -0.464 e. The van der Waals surface area contributed by atoms with Crippen LogP contribution in [0.4, 0.5) is 0 Å². The first kappa shape index (κ1) is 13.8. The van der Waals surface area contributed by atoms with Gasteiger partial charge >= 0.3 is 0 Å². The molecule has 0 aliphatic heterocycles. The highest BCUT2D eigenvalue weighted by Gasteiger charge is 2.14. The summed E-state index contributed by atoms with van der Waals surface area (Å²) >= 11 is 3.32. The van der Waals surface area contributed by atoms with E-state index in [1.807, 2.05) is 6.07 Å². The Kier molecular flexibility index (Phi) is 3.71. The first-order chi connectivity index (χ1) is 10.1. The Balaban J connectivity index is 1.80. The highest BCUT2D eigenvalue weighted by molar-refractivity contribution is 9.10. The van der Waals surface area contributed by atoms with E-state index in [1.54, 1.807) is 48.7 Å². The van der Waals surface area contributed by atoms with E-state index < -0.39 is 0 Å². The van der Waals surface area contributed by atoms with Crippen LogP contribution in [0.2, 0.25) is 0 Å². The van der Waals surface area contributed by atoms with Gasteiger partial charge in [0.1, 0.15) is 5.58 Å². The van der Waals surface area contributed by atoms with Crippen molar-refractivity contribution in [3.8, 4) is 0 Å². The van der Waals surface area contributed by atoms with E-state index in [9.17, 15) is 9.59 Å². The Morgan fingerprint density at radius 2 is 1.71 bits per heavy atom. The van der Waals surface area contributed by atoms with Crippen LogP contribution in [-0.2, 0) is 0 Å². The number of hydrogen-bond acceptors (Lipinski definition) is 3. The fourth-order valence-corrected chi connectivity index (χ4v) is 2.55. The fourth-order valence-electron chi connectivity index (χ4n) is 2.15. The van der Waals surface area contributed by atoms with Gasteiger partial charge in [-0.1, -0.05) is 28.1 Å². The Hall–Kier alpha value is -2.20. The molecule has 0 fully saturated rings.